The fraction of sp³-hybridized carbons (Fsp3) is 0.667. The maximum absolute atomic E-state index is 2.39. The van der Waals surface area contributed by atoms with E-state index < -0.39 is 0 Å². The lowest BCUT2D eigenvalue weighted by Crippen LogP contribution is -2.04. The molecule has 0 aromatic carbocycles. The van der Waals surface area contributed by atoms with Crippen LogP contribution in [0.2, 0.25) is 0 Å². The third-order valence-electron chi connectivity index (χ3n) is 2.54. The highest BCUT2D eigenvalue weighted by molar-refractivity contribution is 5.05. The van der Waals surface area contributed by atoms with Crippen LogP contribution in [0.4, 0.5) is 0 Å². The monoisotopic (exact) mass is 164 g/mol. The second-order valence-electron chi connectivity index (χ2n) is 4.22. The third kappa shape index (κ3) is 3.25. The Hall–Kier alpha value is -0.520. The van der Waals surface area contributed by atoms with Gasteiger partial charge in [0.05, 0.1) is 0 Å². The Morgan fingerprint density at radius 2 is 2.33 bits per heavy atom. The Morgan fingerprint density at radius 3 is 2.92 bits per heavy atom. The Bertz CT molecular complexity index is 192. The van der Waals surface area contributed by atoms with Crippen LogP contribution < -0.4 is 0 Å². The summed E-state index contributed by atoms with van der Waals surface area (Å²) in [5.74, 6) is 0.921. The van der Waals surface area contributed by atoms with E-state index in [4.69, 9.17) is 0 Å². The standard InChI is InChI=1S/C12H20/c1-10(2)7-8-12-6-4-5-11(3)9-12/h5,7,12H,4,6,8-9H2,1-3H3. The fourth-order valence-corrected chi connectivity index (χ4v) is 1.81. The van der Waals surface area contributed by atoms with Crippen molar-refractivity contribution in [3.8, 4) is 0 Å². The first kappa shape index (κ1) is 9.57. The molecule has 0 heteroatoms. The van der Waals surface area contributed by atoms with E-state index in [2.05, 4.69) is 32.9 Å². The molecule has 1 rings (SSSR count). The Balaban J connectivity index is 2.35. The van der Waals surface area contributed by atoms with Crippen LogP contribution in [0.3, 0.4) is 0 Å². The van der Waals surface area contributed by atoms with Crippen molar-refractivity contribution in [1.82, 2.24) is 0 Å². The van der Waals surface area contributed by atoms with E-state index >= 15 is 0 Å². The Morgan fingerprint density at radius 1 is 1.58 bits per heavy atom. The molecule has 0 nitrogen and oxygen atoms in total. The molecule has 1 aliphatic rings. The normalized spacial score (nSPS) is 23.2. The highest BCUT2D eigenvalue weighted by Crippen LogP contribution is 2.26. The molecule has 0 fully saturated rings. The molecule has 0 bridgehead atoms. The van der Waals surface area contributed by atoms with Gasteiger partial charge < -0.3 is 0 Å². The van der Waals surface area contributed by atoms with Crippen LogP contribution in [0.1, 0.15) is 46.5 Å². The number of allylic oxidation sites excluding steroid dienone is 4. The summed E-state index contributed by atoms with van der Waals surface area (Å²) < 4.78 is 0. The van der Waals surface area contributed by atoms with Crippen LogP contribution in [0.25, 0.3) is 0 Å². The zero-order valence-electron chi connectivity index (χ0n) is 8.56. The maximum Gasteiger partial charge on any atom is -0.0292 e. The van der Waals surface area contributed by atoms with E-state index in [-0.39, 0.29) is 0 Å². The van der Waals surface area contributed by atoms with Gasteiger partial charge in [-0.15, -0.1) is 0 Å². The molecule has 1 atom stereocenters. The average molecular weight is 164 g/mol. The molecule has 0 saturated carbocycles. The molecule has 68 valence electrons. The van der Waals surface area contributed by atoms with Gasteiger partial charge in [0.25, 0.3) is 0 Å². The van der Waals surface area contributed by atoms with E-state index in [1.54, 1.807) is 5.57 Å². The summed E-state index contributed by atoms with van der Waals surface area (Å²) in [5, 5.41) is 0. The Kier molecular flexibility index (Phi) is 3.58. The van der Waals surface area contributed by atoms with Crippen LogP contribution in [0.15, 0.2) is 23.3 Å². The summed E-state index contributed by atoms with van der Waals surface area (Å²) in [6.45, 7) is 6.63. The van der Waals surface area contributed by atoms with E-state index in [1.807, 2.05) is 0 Å². The van der Waals surface area contributed by atoms with Gasteiger partial charge in [-0.25, -0.2) is 0 Å². The molecule has 0 amide bonds. The average Bonchev–Trinajstić information content (AvgIpc) is 2.01. The van der Waals surface area contributed by atoms with Gasteiger partial charge in [0, 0.05) is 0 Å². The van der Waals surface area contributed by atoms with Crippen molar-refractivity contribution < 1.29 is 0 Å². The minimum atomic E-state index is 0.921. The van der Waals surface area contributed by atoms with Gasteiger partial charge in [-0.2, -0.15) is 0 Å². The number of hydrogen-bond acceptors (Lipinski definition) is 0. The number of hydrogen-bond donors (Lipinski definition) is 0. The summed E-state index contributed by atoms with van der Waals surface area (Å²) >= 11 is 0. The zero-order chi connectivity index (χ0) is 8.97. The fourth-order valence-electron chi connectivity index (χ4n) is 1.81. The lowest BCUT2D eigenvalue weighted by atomic mass is 9.87. The molecule has 0 heterocycles. The quantitative estimate of drug-likeness (QED) is 0.539. The summed E-state index contributed by atoms with van der Waals surface area (Å²) in [6.07, 6.45) is 10.1. The summed E-state index contributed by atoms with van der Waals surface area (Å²) in [5.41, 5.74) is 3.05. The predicted octanol–water partition coefficient (Wildman–Crippen LogP) is 4.09. The van der Waals surface area contributed by atoms with Crippen LogP contribution in [-0.4, -0.2) is 0 Å². The van der Waals surface area contributed by atoms with Gasteiger partial charge in [0.1, 0.15) is 0 Å². The van der Waals surface area contributed by atoms with Crippen molar-refractivity contribution in [3.63, 3.8) is 0 Å². The first-order valence-corrected chi connectivity index (χ1v) is 4.97. The molecule has 1 aliphatic carbocycles. The molecule has 0 aliphatic heterocycles. The second-order valence-corrected chi connectivity index (χ2v) is 4.22. The lowest BCUT2D eigenvalue weighted by Gasteiger charge is -2.19. The Labute approximate surface area is 76.4 Å². The van der Waals surface area contributed by atoms with Crippen molar-refractivity contribution in [2.45, 2.75) is 46.5 Å². The predicted molar refractivity (Wildman–Crippen MR) is 55.1 cm³/mol. The minimum Gasteiger partial charge on any atom is -0.0856 e. The van der Waals surface area contributed by atoms with Crippen LogP contribution >= 0.6 is 0 Å². The molecule has 0 saturated heterocycles. The van der Waals surface area contributed by atoms with Crippen molar-refractivity contribution >= 4 is 0 Å². The molecule has 0 aromatic heterocycles. The van der Waals surface area contributed by atoms with Crippen molar-refractivity contribution in [1.29, 1.82) is 0 Å². The largest absolute Gasteiger partial charge is 0.0856 e. The summed E-state index contributed by atoms with van der Waals surface area (Å²) in [7, 11) is 0. The molecule has 1 unspecified atom stereocenters. The van der Waals surface area contributed by atoms with Crippen LogP contribution in [0.5, 0.6) is 0 Å². The first-order chi connectivity index (χ1) is 5.68. The number of rotatable bonds is 2. The van der Waals surface area contributed by atoms with Crippen molar-refractivity contribution in [3.05, 3.63) is 23.3 Å². The van der Waals surface area contributed by atoms with E-state index in [1.165, 1.54) is 31.3 Å². The van der Waals surface area contributed by atoms with Crippen molar-refractivity contribution in [2.75, 3.05) is 0 Å². The van der Waals surface area contributed by atoms with E-state index in [0.717, 1.165) is 5.92 Å². The van der Waals surface area contributed by atoms with Crippen LogP contribution in [-0.2, 0) is 0 Å². The smallest absolute Gasteiger partial charge is 0.0292 e. The van der Waals surface area contributed by atoms with Crippen LogP contribution in [0, 0.1) is 5.92 Å². The first-order valence-electron chi connectivity index (χ1n) is 4.97. The van der Waals surface area contributed by atoms with Gasteiger partial charge in [0.2, 0.25) is 0 Å². The molecular formula is C12H20. The van der Waals surface area contributed by atoms with Gasteiger partial charge >= 0.3 is 0 Å². The SMILES string of the molecule is CC(C)=CCC1CCC=C(C)C1. The van der Waals surface area contributed by atoms with Gasteiger partial charge in [-0.05, 0) is 52.4 Å². The van der Waals surface area contributed by atoms with Crippen molar-refractivity contribution in [2.24, 2.45) is 5.92 Å². The molecule has 0 radical (unpaired) electrons. The van der Waals surface area contributed by atoms with Gasteiger partial charge in [-0.1, -0.05) is 23.3 Å². The van der Waals surface area contributed by atoms with Gasteiger partial charge in [0.15, 0.2) is 0 Å². The second kappa shape index (κ2) is 4.49. The van der Waals surface area contributed by atoms with E-state index in [9.17, 15) is 0 Å². The molecule has 0 spiro atoms. The molecule has 12 heavy (non-hydrogen) atoms. The minimum absolute atomic E-state index is 0.921. The highest BCUT2D eigenvalue weighted by Gasteiger charge is 2.11. The molecule has 0 aromatic rings. The third-order valence-corrected chi connectivity index (χ3v) is 2.54. The molecule has 0 N–H and O–H groups in total. The van der Waals surface area contributed by atoms with E-state index in [0.29, 0.717) is 0 Å². The molecular weight excluding hydrogens is 144 g/mol. The van der Waals surface area contributed by atoms with Gasteiger partial charge in [-0.3, -0.25) is 0 Å². The summed E-state index contributed by atoms with van der Waals surface area (Å²) in [4.78, 5) is 0. The highest BCUT2D eigenvalue weighted by atomic mass is 14.2. The maximum atomic E-state index is 2.39. The zero-order valence-corrected chi connectivity index (χ0v) is 8.56. The topological polar surface area (TPSA) is 0 Å². The summed E-state index contributed by atoms with van der Waals surface area (Å²) in [6, 6.07) is 0. The lowest BCUT2D eigenvalue weighted by molar-refractivity contribution is 0.470.